The van der Waals surface area contributed by atoms with Crippen LogP contribution >= 0.6 is 11.6 Å². The van der Waals surface area contributed by atoms with E-state index < -0.39 is 0 Å². The Kier molecular flexibility index (Phi) is 6.62. The van der Waals surface area contributed by atoms with Gasteiger partial charge in [0.15, 0.2) is 0 Å². The average molecular weight is 445 g/mol. The number of nitrogens with zero attached hydrogens (tertiary/aromatic N) is 4. The molecule has 2 fully saturated rings. The molecule has 0 radical (unpaired) electrons. The van der Waals surface area contributed by atoms with Gasteiger partial charge in [-0.2, -0.15) is 5.10 Å². The number of ether oxygens (including phenoxy) is 1. The van der Waals surface area contributed by atoms with Crippen LogP contribution in [0, 0.1) is 5.92 Å². The van der Waals surface area contributed by atoms with E-state index >= 15 is 0 Å². The summed E-state index contributed by atoms with van der Waals surface area (Å²) in [7, 11) is 0. The summed E-state index contributed by atoms with van der Waals surface area (Å²) in [6.45, 7) is 7.65. The van der Waals surface area contributed by atoms with Crippen LogP contribution in [0.3, 0.4) is 0 Å². The Labute approximate surface area is 187 Å². The third kappa shape index (κ3) is 4.62. The van der Waals surface area contributed by atoms with Crippen molar-refractivity contribution in [1.82, 2.24) is 19.6 Å². The van der Waals surface area contributed by atoms with Crippen molar-refractivity contribution in [2.75, 3.05) is 39.4 Å². The van der Waals surface area contributed by atoms with Crippen molar-refractivity contribution in [1.29, 1.82) is 0 Å². The minimum atomic E-state index is -0.152. The van der Waals surface area contributed by atoms with E-state index in [0.717, 1.165) is 24.2 Å². The van der Waals surface area contributed by atoms with Gasteiger partial charge in [0.1, 0.15) is 0 Å². The second-order valence-corrected chi connectivity index (χ2v) is 8.95. The zero-order valence-electron chi connectivity index (χ0n) is 18.1. The van der Waals surface area contributed by atoms with Crippen molar-refractivity contribution in [3.8, 4) is 5.69 Å². The number of piperidine rings is 1. The highest BCUT2D eigenvalue weighted by atomic mass is 35.5. The first-order valence-electron chi connectivity index (χ1n) is 11.0. The zero-order valence-corrected chi connectivity index (χ0v) is 18.8. The molecule has 166 valence electrons. The van der Waals surface area contributed by atoms with Gasteiger partial charge in [0.25, 0.3) is 5.91 Å². The molecule has 4 rings (SSSR count). The lowest BCUT2D eigenvalue weighted by Crippen LogP contribution is -2.49. The summed E-state index contributed by atoms with van der Waals surface area (Å²) >= 11 is 6.17. The fourth-order valence-corrected chi connectivity index (χ4v) is 4.65. The van der Waals surface area contributed by atoms with Crippen molar-refractivity contribution >= 4 is 23.4 Å². The third-order valence-corrected chi connectivity index (χ3v) is 6.25. The molecule has 3 heterocycles. The summed E-state index contributed by atoms with van der Waals surface area (Å²) < 4.78 is 7.16. The van der Waals surface area contributed by atoms with Gasteiger partial charge in [-0.25, -0.2) is 4.68 Å². The maximum absolute atomic E-state index is 13.5. The second-order valence-electron chi connectivity index (χ2n) is 8.52. The van der Waals surface area contributed by atoms with E-state index in [1.807, 2.05) is 34.1 Å². The molecule has 0 spiro atoms. The third-order valence-electron chi connectivity index (χ3n) is 6.02. The van der Waals surface area contributed by atoms with Crippen LogP contribution in [0.25, 0.3) is 5.69 Å². The van der Waals surface area contributed by atoms with Crippen LogP contribution < -0.4 is 0 Å². The molecule has 8 heteroatoms. The smallest absolute Gasteiger partial charge is 0.257 e. The van der Waals surface area contributed by atoms with Crippen molar-refractivity contribution in [3.05, 3.63) is 46.7 Å². The lowest BCUT2D eigenvalue weighted by molar-refractivity contribution is -0.141. The molecule has 1 aromatic carbocycles. The van der Waals surface area contributed by atoms with Crippen LogP contribution in [0.5, 0.6) is 0 Å². The summed E-state index contributed by atoms with van der Waals surface area (Å²) in [4.78, 5) is 30.1. The van der Waals surface area contributed by atoms with Gasteiger partial charge in [-0.1, -0.05) is 31.5 Å². The number of aromatic nitrogens is 2. The number of hydrogen-bond donors (Lipinski definition) is 0. The lowest BCUT2D eigenvalue weighted by Gasteiger charge is -2.36. The summed E-state index contributed by atoms with van der Waals surface area (Å²) in [6.07, 6.45) is 3.29. The molecule has 2 aliphatic rings. The maximum atomic E-state index is 13.5. The van der Waals surface area contributed by atoms with E-state index in [0.29, 0.717) is 50.0 Å². The molecule has 1 aromatic heterocycles. The van der Waals surface area contributed by atoms with E-state index in [4.69, 9.17) is 16.3 Å². The predicted molar refractivity (Wildman–Crippen MR) is 119 cm³/mol. The number of carbonyl (C=O) groups is 2. The monoisotopic (exact) mass is 444 g/mol. The van der Waals surface area contributed by atoms with Crippen molar-refractivity contribution < 1.29 is 14.3 Å². The number of hydrogen-bond acceptors (Lipinski definition) is 4. The van der Waals surface area contributed by atoms with Gasteiger partial charge in [-0.3, -0.25) is 9.59 Å². The number of amides is 2. The second kappa shape index (κ2) is 9.40. The topological polar surface area (TPSA) is 67.7 Å². The Morgan fingerprint density at radius 3 is 2.65 bits per heavy atom. The van der Waals surface area contributed by atoms with E-state index in [1.165, 1.54) is 0 Å². The summed E-state index contributed by atoms with van der Waals surface area (Å²) in [5.74, 6) is 0.0215. The summed E-state index contributed by atoms with van der Waals surface area (Å²) in [5, 5.41) is 5.14. The van der Waals surface area contributed by atoms with Gasteiger partial charge in [0.05, 0.1) is 42.3 Å². The first-order chi connectivity index (χ1) is 15.0. The standard InChI is InChI=1S/C23H29ClN4O3/c1-16(2)21-20(14-25-28(21)19-7-3-6-18(24)13-19)23(30)27-8-4-5-17(15-27)22(29)26-9-11-31-12-10-26/h3,6-7,13-14,16-17H,4-5,8-12,15H2,1-2H3. The highest BCUT2D eigenvalue weighted by Gasteiger charge is 2.33. The number of benzene rings is 1. The Balaban J connectivity index is 1.55. The summed E-state index contributed by atoms with van der Waals surface area (Å²) in [6, 6.07) is 7.45. The lowest BCUT2D eigenvalue weighted by atomic mass is 9.95. The van der Waals surface area contributed by atoms with Crippen LogP contribution in [0.15, 0.2) is 30.5 Å². The highest BCUT2D eigenvalue weighted by molar-refractivity contribution is 6.30. The molecule has 2 aliphatic heterocycles. The van der Waals surface area contributed by atoms with Crippen LogP contribution in [-0.2, 0) is 9.53 Å². The fraction of sp³-hybridized carbons (Fsp3) is 0.522. The largest absolute Gasteiger partial charge is 0.378 e. The molecule has 0 N–H and O–H groups in total. The van der Waals surface area contributed by atoms with Gasteiger partial charge in [-0.05, 0) is 37.0 Å². The van der Waals surface area contributed by atoms with E-state index in [9.17, 15) is 9.59 Å². The van der Waals surface area contributed by atoms with Crippen LogP contribution in [0.2, 0.25) is 5.02 Å². The van der Waals surface area contributed by atoms with E-state index in [2.05, 4.69) is 18.9 Å². The fourth-order valence-electron chi connectivity index (χ4n) is 4.47. The molecule has 2 saturated heterocycles. The SMILES string of the molecule is CC(C)c1c(C(=O)N2CCCC(C(=O)N3CCOCC3)C2)cnn1-c1cccc(Cl)c1. The number of halogens is 1. The van der Waals surface area contributed by atoms with Crippen LogP contribution in [-0.4, -0.2) is 70.8 Å². The Hall–Kier alpha value is -2.38. The van der Waals surface area contributed by atoms with Gasteiger partial charge in [0.2, 0.25) is 5.91 Å². The van der Waals surface area contributed by atoms with Gasteiger partial charge < -0.3 is 14.5 Å². The minimum absolute atomic E-state index is 0.0588. The van der Waals surface area contributed by atoms with E-state index in [1.54, 1.807) is 10.9 Å². The van der Waals surface area contributed by atoms with Crippen molar-refractivity contribution in [2.24, 2.45) is 5.92 Å². The van der Waals surface area contributed by atoms with Crippen LogP contribution in [0.1, 0.15) is 48.7 Å². The molecule has 0 saturated carbocycles. The Morgan fingerprint density at radius 2 is 1.94 bits per heavy atom. The molecule has 1 atom stereocenters. The van der Waals surface area contributed by atoms with Crippen molar-refractivity contribution in [3.63, 3.8) is 0 Å². The van der Waals surface area contributed by atoms with Gasteiger partial charge >= 0.3 is 0 Å². The normalized spacial score (nSPS) is 19.7. The number of carbonyl (C=O) groups excluding carboxylic acids is 2. The molecule has 2 aromatic rings. The Bertz CT molecular complexity index is 952. The minimum Gasteiger partial charge on any atom is -0.378 e. The average Bonchev–Trinajstić information content (AvgIpc) is 3.24. The molecular formula is C23H29ClN4O3. The molecular weight excluding hydrogens is 416 g/mol. The molecule has 0 aliphatic carbocycles. The first kappa shape index (κ1) is 21.8. The molecule has 2 amide bonds. The number of likely N-dealkylation sites (tertiary alicyclic amines) is 1. The van der Waals surface area contributed by atoms with Crippen molar-refractivity contribution in [2.45, 2.75) is 32.6 Å². The predicted octanol–water partition coefficient (Wildman–Crippen LogP) is 3.36. The van der Waals surface area contributed by atoms with Crippen LogP contribution in [0.4, 0.5) is 0 Å². The Morgan fingerprint density at radius 1 is 1.16 bits per heavy atom. The zero-order chi connectivity index (χ0) is 22.0. The molecule has 1 unspecified atom stereocenters. The van der Waals surface area contributed by atoms with Gasteiger partial charge in [-0.15, -0.1) is 0 Å². The van der Waals surface area contributed by atoms with Gasteiger partial charge in [0, 0.05) is 31.2 Å². The number of morpholine rings is 1. The molecule has 31 heavy (non-hydrogen) atoms. The van der Waals surface area contributed by atoms with E-state index in [-0.39, 0.29) is 23.7 Å². The summed E-state index contributed by atoms with van der Waals surface area (Å²) in [5.41, 5.74) is 2.28. The molecule has 7 nitrogen and oxygen atoms in total. The first-order valence-corrected chi connectivity index (χ1v) is 11.3. The molecule has 0 bridgehead atoms. The highest BCUT2D eigenvalue weighted by Crippen LogP contribution is 2.27. The maximum Gasteiger partial charge on any atom is 0.257 e. The number of rotatable bonds is 4. The quantitative estimate of drug-likeness (QED) is 0.725.